The molecule has 0 bridgehead atoms. The summed E-state index contributed by atoms with van der Waals surface area (Å²) in [6.07, 6.45) is 3.80. The molecule has 0 spiro atoms. The summed E-state index contributed by atoms with van der Waals surface area (Å²) < 4.78 is 0. The van der Waals surface area contributed by atoms with Gasteiger partial charge >= 0.3 is 0 Å². The molecule has 1 unspecified atom stereocenters. The van der Waals surface area contributed by atoms with Crippen molar-refractivity contribution in [3.8, 4) is 10.7 Å². The number of halogens is 1. The lowest BCUT2D eigenvalue weighted by atomic mass is 10.2. The second kappa shape index (κ2) is 7.13. The van der Waals surface area contributed by atoms with Gasteiger partial charge in [0.1, 0.15) is 5.01 Å². The van der Waals surface area contributed by atoms with Gasteiger partial charge in [0.05, 0.1) is 5.69 Å². The van der Waals surface area contributed by atoms with Crippen molar-refractivity contribution >= 4 is 23.7 Å². The van der Waals surface area contributed by atoms with Gasteiger partial charge in [-0.15, -0.1) is 23.7 Å². The minimum absolute atomic E-state index is 0. The third-order valence-electron chi connectivity index (χ3n) is 3.27. The van der Waals surface area contributed by atoms with Crippen LogP contribution in [0.15, 0.2) is 30.6 Å². The summed E-state index contributed by atoms with van der Waals surface area (Å²) in [5, 5.41) is 4.48. The minimum atomic E-state index is 0. The Labute approximate surface area is 129 Å². The number of hydrogen-bond donors (Lipinski definition) is 1. The Morgan fingerprint density at radius 1 is 1.40 bits per heavy atom. The third-order valence-corrected chi connectivity index (χ3v) is 4.27. The fourth-order valence-electron chi connectivity index (χ4n) is 2.36. The summed E-state index contributed by atoms with van der Waals surface area (Å²) in [5.74, 6) is 0. The minimum Gasteiger partial charge on any atom is -0.312 e. The molecule has 2 aromatic rings. The van der Waals surface area contributed by atoms with Crippen LogP contribution in [0.25, 0.3) is 10.7 Å². The van der Waals surface area contributed by atoms with E-state index in [4.69, 9.17) is 0 Å². The Morgan fingerprint density at radius 3 is 3.05 bits per heavy atom. The average Bonchev–Trinajstić information content (AvgIpc) is 2.88. The zero-order valence-corrected chi connectivity index (χ0v) is 13.1. The first kappa shape index (κ1) is 15.4. The number of nitrogens with zero attached hydrogens (tertiary/aromatic N) is 3. The van der Waals surface area contributed by atoms with Crippen LogP contribution >= 0.6 is 23.7 Å². The molecule has 0 aliphatic carbocycles. The predicted octanol–water partition coefficient (Wildman–Crippen LogP) is 2.42. The second-order valence-corrected chi connectivity index (χ2v) is 6.05. The summed E-state index contributed by atoms with van der Waals surface area (Å²) in [7, 11) is 0. The smallest absolute Gasteiger partial charge is 0.142 e. The zero-order valence-electron chi connectivity index (χ0n) is 11.5. The van der Waals surface area contributed by atoms with Crippen molar-refractivity contribution in [2.24, 2.45) is 0 Å². The van der Waals surface area contributed by atoms with Crippen molar-refractivity contribution in [3.05, 3.63) is 35.5 Å². The molecule has 1 aliphatic heterocycles. The molecule has 0 aromatic carbocycles. The average molecular weight is 311 g/mol. The Hall–Kier alpha value is -1.01. The lowest BCUT2D eigenvalue weighted by Gasteiger charge is -2.31. The van der Waals surface area contributed by atoms with Crippen molar-refractivity contribution in [1.82, 2.24) is 20.2 Å². The van der Waals surface area contributed by atoms with E-state index in [0.717, 1.165) is 36.9 Å². The Kier molecular flexibility index (Phi) is 5.48. The molecule has 0 amide bonds. The van der Waals surface area contributed by atoms with Crippen molar-refractivity contribution in [2.45, 2.75) is 19.5 Å². The van der Waals surface area contributed by atoms with Gasteiger partial charge in [0.15, 0.2) is 0 Å². The molecule has 1 N–H and O–H groups in total. The quantitative estimate of drug-likeness (QED) is 0.945. The summed E-state index contributed by atoms with van der Waals surface area (Å²) in [4.78, 5) is 12.6. The maximum atomic E-state index is 4.48. The summed E-state index contributed by atoms with van der Waals surface area (Å²) in [6, 6.07) is 6.52. The monoisotopic (exact) mass is 310 g/mol. The van der Waals surface area contributed by atoms with Crippen molar-refractivity contribution in [2.75, 3.05) is 19.6 Å². The molecule has 1 fully saturated rings. The van der Waals surface area contributed by atoms with Crippen LogP contribution in [0.2, 0.25) is 0 Å². The maximum absolute atomic E-state index is 4.48. The number of aromatic nitrogens is 2. The summed E-state index contributed by atoms with van der Waals surface area (Å²) in [5.41, 5.74) is 0.965. The van der Waals surface area contributed by atoms with Gasteiger partial charge < -0.3 is 5.32 Å². The van der Waals surface area contributed by atoms with Gasteiger partial charge in [-0.1, -0.05) is 6.07 Å². The SMILES string of the molecule is CC1CN(Cc2cnc(-c3ccccn3)s2)CCN1.Cl. The molecule has 1 atom stereocenters. The van der Waals surface area contributed by atoms with Crippen LogP contribution in [0.5, 0.6) is 0 Å². The van der Waals surface area contributed by atoms with Gasteiger partial charge in [0.25, 0.3) is 0 Å². The van der Waals surface area contributed by atoms with E-state index in [1.165, 1.54) is 4.88 Å². The molecule has 0 radical (unpaired) electrons. The molecule has 3 heterocycles. The van der Waals surface area contributed by atoms with Gasteiger partial charge in [-0.3, -0.25) is 9.88 Å². The summed E-state index contributed by atoms with van der Waals surface area (Å²) in [6.45, 7) is 6.53. The van der Waals surface area contributed by atoms with Crippen LogP contribution in [-0.2, 0) is 6.54 Å². The Balaban J connectivity index is 0.00000147. The van der Waals surface area contributed by atoms with Crippen LogP contribution in [0.3, 0.4) is 0 Å². The number of rotatable bonds is 3. The first-order valence-electron chi connectivity index (χ1n) is 6.63. The fourth-order valence-corrected chi connectivity index (χ4v) is 3.30. The van der Waals surface area contributed by atoms with E-state index in [0.29, 0.717) is 6.04 Å². The molecule has 3 rings (SSSR count). The van der Waals surface area contributed by atoms with Crippen molar-refractivity contribution < 1.29 is 0 Å². The van der Waals surface area contributed by atoms with Crippen LogP contribution in [0.1, 0.15) is 11.8 Å². The molecule has 1 saturated heterocycles. The molecule has 1 aliphatic rings. The molecule has 108 valence electrons. The van der Waals surface area contributed by atoms with E-state index >= 15 is 0 Å². The molecule has 4 nitrogen and oxygen atoms in total. The maximum Gasteiger partial charge on any atom is 0.142 e. The topological polar surface area (TPSA) is 41.1 Å². The molecular weight excluding hydrogens is 292 g/mol. The molecule has 20 heavy (non-hydrogen) atoms. The van der Waals surface area contributed by atoms with Crippen LogP contribution in [0.4, 0.5) is 0 Å². The van der Waals surface area contributed by atoms with Crippen molar-refractivity contribution in [1.29, 1.82) is 0 Å². The summed E-state index contributed by atoms with van der Waals surface area (Å²) >= 11 is 1.75. The fraction of sp³-hybridized carbons (Fsp3) is 0.429. The molecule has 0 saturated carbocycles. The molecule has 6 heteroatoms. The number of thiazole rings is 1. The highest BCUT2D eigenvalue weighted by Crippen LogP contribution is 2.24. The predicted molar refractivity (Wildman–Crippen MR) is 85.3 cm³/mol. The first-order chi connectivity index (χ1) is 9.31. The van der Waals surface area contributed by atoms with Crippen LogP contribution < -0.4 is 5.32 Å². The Bertz CT molecular complexity index is 531. The number of piperazine rings is 1. The highest BCUT2D eigenvalue weighted by atomic mass is 35.5. The second-order valence-electron chi connectivity index (χ2n) is 4.94. The lowest BCUT2D eigenvalue weighted by Crippen LogP contribution is -2.48. The van der Waals surface area contributed by atoms with E-state index in [9.17, 15) is 0 Å². The lowest BCUT2D eigenvalue weighted by molar-refractivity contribution is 0.201. The van der Waals surface area contributed by atoms with E-state index in [-0.39, 0.29) is 12.4 Å². The highest BCUT2D eigenvalue weighted by Gasteiger charge is 2.16. The number of hydrogen-bond acceptors (Lipinski definition) is 5. The van der Waals surface area contributed by atoms with E-state index in [1.807, 2.05) is 30.6 Å². The number of nitrogens with one attached hydrogen (secondary N) is 1. The van der Waals surface area contributed by atoms with E-state index in [2.05, 4.69) is 27.1 Å². The highest BCUT2D eigenvalue weighted by molar-refractivity contribution is 7.14. The molecule has 2 aromatic heterocycles. The first-order valence-corrected chi connectivity index (χ1v) is 7.45. The van der Waals surface area contributed by atoms with Gasteiger partial charge in [-0.05, 0) is 19.1 Å². The standard InChI is InChI=1S/C14H18N4S.ClH/c1-11-9-18(7-6-15-11)10-12-8-17-14(19-12)13-4-2-3-5-16-13;/h2-5,8,11,15H,6-7,9-10H2,1H3;1H. The zero-order chi connectivity index (χ0) is 13.1. The van der Waals surface area contributed by atoms with Crippen LogP contribution in [-0.4, -0.2) is 40.5 Å². The van der Waals surface area contributed by atoms with Gasteiger partial charge in [0.2, 0.25) is 0 Å². The van der Waals surface area contributed by atoms with E-state index in [1.54, 1.807) is 11.3 Å². The molecular formula is C14H19ClN4S. The van der Waals surface area contributed by atoms with Gasteiger partial charge in [0, 0.05) is 49.5 Å². The number of pyridine rings is 1. The van der Waals surface area contributed by atoms with Gasteiger partial charge in [-0.25, -0.2) is 4.98 Å². The van der Waals surface area contributed by atoms with E-state index < -0.39 is 0 Å². The van der Waals surface area contributed by atoms with Crippen LogP contribution in [0, 0.1) is 0 Å². The largest absolute Gasteiger partial charge is 0.312 e. The third kappa shape index (κ3) is 3.76. The normalized spacial score (nSPS) is 19.6. The van der Waals surface area contributed by atoms with Gasteiger partial charge in [-0.2, -0.15) is 0 Å². The Morgan fingerprint density at radius 2 is 2.30 bits per heavy atom. The van der Waals surface area contributed by atoms with Crippen molar-refractivity contribution in [3.63, 3.8) is 0 Å².